The van der Waals surface area contributed by atoms with Gasteiger partial charge in [-0.05, 0) is 20.3 Å². The number of H-pyrrole nitrogens is 1. The van der Waals surface area contributed by atoms with Crippen molar-refractivity contribution < 1.29 is 0 Å². The van der Waals surface area contributed by atoms with Crippen molar-refractivity contribution in [2.45, 2.75) is 53.9 Å². The number of nitrogens with zero attached hydrogens (tertiary/aromatic N) is 1. The number of hydrogen-bond donors (Lipinski definition) is 1. The molecular weight excluding hydrogens is 160 g/mol. The zero-order valence-electron chi connectivity index (χ0n) is 9.57. The van der Waals surface area contributed by atoms with E-state index in [1.54, 1.807) is 0 Å². The molecule has 0 aliphatic carbocycles. The number of rotatable bonds is 3. The first-order chi connectivity index (χ1) is 6.24. The molecule has 0 saturated heterocycles. The van der Waals surface area contributed by atoms with Gasteiger partial charge < -0.3 is 4.98 Å². The van der Waals surface area contributed by atoms with Crippen molar-refractivity contribution in [1.82, 2.24) is 9.97 Å². The second kappa shape index (κ2) is 6.70. The summed E-state index contributed by atoms with van der Waals surface area (Å²) in [6, 6.07) is 0. The Bertz CT molecular complexity index is 206. The molecule has 0 aliphatic rings. The summed E-state index contributed by atoms with van der Waals surface area (Å²) in [6.07, 6.45) is 3.55. The molecule has 2 heteroatoms. The molecular formula is C11H22N2. The summed E-state index contributed by atoms with van der Waals surface area (Å²) in [7, 11) is 0. The summed E-state index contributed by atoms with van der Waals surface area (Å²) in [6.45, 7) is 10.3. The van der Waals surface area contributed by atoms with E-state index in [2.05, 4.69) is 23.8 Å². The van der Waals surface area contributed by atoms with Gasteiger partial charge in [0.1, 0.15) is 5.82 Å². The third-order valence-electron chi connectivity index (χ3n) is 1.94. The first-order valence-corrected chi connectivity index (χ1v) is 5.26. The normalized spacial score (nSPS) is 9.31. The average Bonchev–Trinajstić information content (AvgIpc) is 2.46. The van der Waals surface area contributed by atoms with Crippen LogP contribution in [0.1, 0.15) is 50.8 Å². The van der Waals surface area contributed by atoms with Gasteiger partial charge in [0.15, 0.2) is 0 Å². The van der Waals surface area contributed by atoms with Crippen molar-refractivity contribution >= 4 is 0 Å². The van der Waals surface area contributed by atoms with E-state index in [4.69, 9.17) is 0 Å². The van der Waals surface area contributed by atoms with Crippen LogP contribution in [0.25, 0.3) is 0 Å². The van der Waals surface area contributed by atoms with Crippen LogP contribution >= 0.6 is 0 Å². The van der Waals surface area contributed by atoms with Gasteiger partial charge in [0.05, 0.1) is 5.69 Å². The van der Waals surface area contributed by atoms with Crippen molar-refractivity contribution in [3.8, 4) is 0 Å². The van der Waals surface area contributed by atoms with Crippen molar-refractivity contribution in [3.05, 3.63) is 17.2 Å². The number of aromatic nitrogens is 2. The van der Waals surface area contributed by atoms with Crippen LogP contribution in [0.2, 0.25) is 0 Å². The van der Waals surface area contributed by atoms with Crippen LogP contribution in [-0.4, -0.2) is 9.97 Å². The summed E-state index contributed by atoms with van der Waals surface area (Å²) >= 11 is 0. The minimum atomic E-state index is 1.09. The molecule has 0 spiro atoms. The number of unbranched alkanes of at least 4 members (excludes halogenated alkanes) is 1. The number of nitrogens with one attached hydrogen (secondary N) is 1. The molecule has 0 aromatic carbocycles. The highest BCUT2D eigenvalue weighted by Gasteiger charge is 2.00. The maximum Gasteiger partial charge on any atom is 0.106 e. The maximum absolute atomic E-state index is 4.39. The Balaban J connectivity index is 0.000000671. The molecule has 0 fully saturated rings. The molecule has 0 amide bonds. The van der Waals surface area contributed by atoms with Crippen LogP contribution in [0.15, 0.2) is 0 Å². The minimum absolute atomic E-state index is 1.09. The Morgan fingerprint density at radius 2 is 1.85 bits per heavy atom. The third kappa shape index (κ3) is 4.11. The predicted molar refractivity (Wildman–Crippen MR) is 58.0 cm³/mol. The zero-order valence-corrected chi connectivity index (χ0v) is 9.57. The number of aryl methyl sites for hydroxylation is 3. The van der Waals surface area contributed by atoms with Crippen molar-refractivity contribution in [2.24, 2.45) is 0 Å². The Kier molecular flexibility index (Phi) is 6.29. The van der Waals surface area contributed by atoms with Crippen LogP contribution in [0, 0.1) is 13.8 Å². The second-order valence-corrected chi connectivity index (χ2v) is 3.00. The molecule has 2 nitrogen and oxygen atoms in total. The molecule has 0 radical (unpaired) electrons. The minimum Gasteiger partial charge on any atom is -0.346 e. The Labute approximate surface area is 81.8 Å². The fourth-order valence-corrected chi connectivity index (χ4v) is 1.08. The van der Waals surface area contributed by atoms with Crippen LogP contribution < -0.4 is 0 Å². The molecule has 13 heavy (non-hydrogen) atoms. The van der Waals surface area contributed by atoms with E-state index in [0.29, 0.717) is 0 Å². The van der Waals surface area contributed by atoms with Gasteiger partial charge in [-0.15, -0.1) is 0 Å². The lowest BCUT2D eigenvalue weighted by Gasteiger charge is -1.91. The standard InChI is InChI=1S/C9H16N2.C2H6/c1-4-5-6-9-10-7(2)8(3)11-9;1-2/h4-6H2,1-3H3,(H,10,11);1-2H3. The fraction of sp³-hybridized carbons (Fsp3) is 0.727. The monoisotopic (exact) mass is 182 g/mol. The van der Waals surface area contributed by atoms with Gasteiger partial charge in [-0.25, -0.2) is 4.98 Å². The van der Waals surface area contributed by atoms with Gasteiger partial charge in [0, 0.05) is 12.1 Å². The van der Waals surface area contributed by atoms with Crippen LogP contribution in [0.5, 0.6) is 0 Å². The highest BCUT2D eigenvalue weighted by molar-refractivity contribution is 5.10. The van der Waals surface area contributed by atoms with Crippen molar-refractivity contribution in [1.29, 1.82) is 0 Å². The second-order valence-electron chi connectivity index (χ2n) is 3.00. The maximum atomic E-state index is 4.39. The van der Waals surface area contributed by atoms with E-state index in [1.807, 2.05) is 20.8 Å². The van der Waals surface area contributed by atoms with Crippen LogP contribution in [0.3, 0.4) is 0 Å². The summed E-state index contributed by atoms with van der Waals surface area (Å²) in [4.78, 5) is 7.66. The van der Waals surface area contributed by atoms with Gasteiger partial charge in [0.2, 0.25) is 0 Å². The largest absolute Gasteiger partial charge is 0.346 e. The molecule has 0 atom stereocenters. The summed E-state index contributed by atoms with van der Waals surface area (Å²) < 4.78 is 0. The number of aromatic amines is 1. The first kappa shape index (κ1) is 12.2. The van der Waals surface area contributed by atoms with Gasteiger partial charge in [-0.2, -0.15) is 0 Å². The smallest absolute Gasteiger partial charge is 0.106 e. The quantitative estimate of drug-likeness (QED) is 0.762. The predicted octanol–water partition coefficient (Wildman–Crippen LogP) is 3.40. The van der Waals surface area contributed by atoms with Gasteiger partial charge >= 0.3 is 0 Å². The molecule has 1 aromatic heterocycles. The third-order valence-corrected chi connectivity index (χ3v) is 1.94. The van der Waals surface area contributed by atoms with Crippen molar-refractivity contribution in [3.63, 3.8) is 0 Å². The molecule has 0 bridgehead atoms. The Morgan fingerprint density at radius 3 is 2.23 bits per heavy atom. The van der Waals surface area contributed by atoms with Crippen molar-refractivity contribution in [2.75, 3.05) is 0 Å². The summed E-state index contributed by atoms with van der Waals surface area (Å²) in [5, 5.41) is 0. The molecule has 0 unspecified atom stereocenters. The highest BCUT2D eigenvalue weighted by Crippen LogP contribution is 2.05. The zero-order chi connectivity index (χ0) is 10.3. The molecule has 1 rings (SSSR count). The van der Waals surface area contributed by atoms with E-state index < -0.39 is 0 Å². The SMILES string of the molecule is CC.CCCCc1nc(C)c(C)[nH]1. The van der Waals surface area contributed by atoms with E-state index >= 15 is 0 Å². The Morgan fingerprint density at radius 1 is 1.23 bits per heavy atom. The molecule has 1 aromatic rings. The van der Waals surface area contributed by atoms with Gasteiger partial charge in [-0.1, -0.05) is 27.2 Å². The molecule has 1 heterocycles. The number of hydrogen-bond acceptors (Lipinski definition) is 1. The summed E-state index contributed by atoms with van der Waals surface area (Å²) in [5.74, 6) is 1.14. The van der Waals surface area contributed by atoms with Gasteiger partial charge in [0.25, 0.3) is 0 Å². The lowest BCUT2D eigenvalue weighted by molar-refractivity contribution is 0.760. The first-order valence-electron chi connectivity index (χ1n) is 5.26. The lowest BCUT2D eigenvalue weighted by Crippen LogP contribution is -1.86. The fourth-order valence-electron chi connectivity index (χ4n) is 1.08. The topological polar surface area (TPSA) is 28.7 Å². The highest BCUT2D eigenvalue weighted by atomic mass is 14.9. The molecule has 1 N–H and O–H groups in total. The van der Waals surface area contributed by atoms with Gasteiger partial charge in [-0.3, -0.25) is 0 Å². The number of imidazole rings is 1. The van der Waals surface area contributed by atoms with Crippen LogP contribution in [0.4, 0.5) is 0 Å². The van der Waals surface area contributed by atoms with Crippen LogP contribution in [-0.2, 0) is 6.42 Å². The molecule has 0 saturated carbocycles. The Hall–Kier alpha value is -0.790. The van der Waals surface area contributed by atoms with E-state index in [0.717, 1.165) is 17.9 Å². The average molecular weight is 182 g/mol. The molecule has 0 aliphatic heterocycles. The molecule has 76 valence electrons. The summed E-state index contributed by atoms with van der Waals surface area (Å²) in [5.41, 5.74) is 2.34. The van der Waals surface area contributed by atoms with E-state index in [-0.39, 0.29) is 0 Å². The van der Waals surface area contributed by atoms with E-state index in [9.17, 15) is 0 Å². The van der Waals surface area contributed by atoms with E-state index in [1.165, 1.54) is 18.5 Å². The lowest BCUT2D eigenvalue weighted by atomic mass is 10.2.